The Bertz CT molecular complexity index is 723. The maximum absolute atomic E-state index is 12.9. The van der Waals surface area contributed by atoms with Gasteiger partial charge in [-0.2, -0.15) is 5.10 Å². The van der Waals surface area contributed by atoms with Crippen LogP contribution in [0.15, 0.2) is 12.4 Å². The topological polar surface area (TPSA) is 72.3 Å². The molecule has 3 aliphatic rings. The van der Waals surface area contributed by atoms with Crippen molar-refractivity contribution in [1.82, 2.24) is 14.7 Å². The van der Waals surface area contributed by atoms with E-state index in [0.717, 1.165) is 24.4 Å². The third-order valence-corrected chi connectivity index (χ3v) is 7.09. The number of aryl methyl sites for hydroxylation is 1. The number of sulfone groups is 1. The molecule has 4 rings (SSSR count). The number of aromatic nitrogens is 2. The molecule has 0 radical (unpaired) electrons. The zero-order chi connectivity index (χ0) is 16.2. The number of hydrogen-bond acceptors (Lipinski definition) is 4. The highest BCUT2D eigenvalue weighted by molar-refractivity contribution is 7.91. The van der Waals surface area contributed by atoms with Gasteiger partial charge in [-0.1, -0.05) is 0 Å². The second-order valence-electron chi connectivity index (χ2n) is 7.13. The van der Waals surface area contributed by atoms with Crippen LogP contribution in [-0.4, -0.2) is 47.1 Å². The highest BCUT2D eigenvalue weighted by Gasteiger charge is 2.53. The summed E-state index contributed by atoms with van der Waals surface area (Å²) < 4.78 is 25.9. The minimum atomic E-state index is -3.10. The Morgan fingerprint density at radius 1 is 1.39 bits per heavy atom. The van der Waals surface area contributed by atoms with E-state index in [1.807, 2.05) is 18.0 Å². The molecule has 1 amide bonds. The molecule has 0 aromatic carbocycles. The summed E-state index contributed by atoms with van der Waals surface area (Å²) in [6.45, 7) is 3.04. The molecule has 1 aromatic rings. The lowest BCUT2D eigenvalue weighted by Crippen LogP contribution is -2.46. The van der Waals surface area contributed by atoms with E-state index >= 15 is 0 Å². The van der Waals surface area contributed by atoms with E-state index < -0.39 is 9.84 Å². The maximum atomic E-state index is 12.9. The Kier molecular flexibility index (Phi) is 3.51. The van der Waals surface area contributed by atoms with Gasteiger partial charge in [0.1, 0.15) is 0 Å². The SMILES string of the molecule is CCn1cc([C@@H]2CS(=O)(=O)CCN2C(=O)[C@@H]2C[C@H]2C2CC2)cn1. The zero-order valence-electron chi connectivity index (χ0n) is 13.4. The summed E-state index contributed by atoms with van der Waals surface area (Å²) in [6.07, 6.45) is 7.09. The van der Waals surface area contributed by atoms with Crippen LogP contribution in [0.4, 0.5) is 0 Å². The Balaban J connectivity index is 1.56. The van der Waals surface area contributed by atoms with Crippen LogP contribution in [0.1, 0.15) is 37.8 Å². The number of hydrogen-bond donors (Lipinski definition) is 0. The van der Waals surface area contributed by atoms with Gasteiger partial charge in [0.15, 0.2) is 9.84 Å². The quantitative estimate of drug-likeness (QED) is 0.829. The van der Waals surface area contributed by atoms with Gasteiger partial charge in [-0.3, -0.25) is 9.48 Å². The summed E-state index contributed by atoms with van der Waals surface area (Å²) >= 11 is 0. The fraction of sp³-hybridized carbons (Fsp3) is 0.750. The standard InChI is InChI=1S/C16H23N3O3S/c1-2-18-9-12(8-17-18)15-10-23(21,22)6-5-19(15)16(20)14-7-13(14)11-3-4-11/h8-9,11,13-15H,2-7,10H2,1H3/t13-,14+,15-/m0/s1. The van der Waals surface area contributed by atoms with Crippen LogP contribution in [0.2, 0.25) is 0 Å². The lowest BCUT2D eigenvalue weighted by molar-refractivity contribution is -0.135. The second kappa shape index (κ2) is 5.33. The first kappa shape index (κ1) is 15.2. The summed E-state index contributed by atoms with van der Waals surface area (Å²) in [7, 11) is -3.10. The normalized spacial score (nSPS) is 32.7. The number of rotatable bonds is 4. The first-order chi connectivity index (χ1) is 11.0. The Morgan fingerprint density at radius 2 is 2.17 bits per heavy atom. The van der Waals surface area contributed by atoms with Crippen molar-refractivity contribution >= 4 is 15.7 Å². The minimum absolute atomic E-state index is 0.0228. The van der Waals surface area contributed by atoms with Gasteiger partial charge in [-0.15, -0.1) is 0 Å². The molecule has 2 heterocycles. The van der Waals surface area contributed by atoms with E-state index in [4.69, 9.17) is 0 Å². The molecule has 1 saturated heterocycles. The van der Waals surface area contributed by atoms with Gasteiger partial charge in [0, 0.05) is 30.8 Å². The van der Waals surface area contributed by atoms with Gasteiger partial charge >= 0.3 is 0 Å². The van der Waals surface area contributed by atoms with Crippen LogP contribution >= 0.6 is 0 Å². The van der Waals surface area contributed by atoms with Crippen molar-refractivity contribution in [1.29, 1.82) is 0 Å². The summed E-state index contributed by atoms with van der Waals surface area (Å²) in [5, 5.41) is 4.25. The molecule has 6 nitrogen and oxygen atoms in total. The van der Waals surface area contributed by atoms with Gasteiger partial charge in [0.05, 0.1) is 23.7 Å². The van der Waals surface area contributed by atoms with Crippen LogP contribution in [0.5, 0.6) is 0 Å². The average molecular weight is 337 g/mol. The minimum Gasteiger partial charge on any atom is -0.333 e. The van der Waals surface area contributed by atoms with Crippen molar-refractivity contribution in [2.75, 3.05) is 18.1 Å². The van der Waals surface area contributed by atoms with Crippen LogP contribution in [0.25, 0.3) is 0 Å². The van der Waals surface area contributed by atoms with E-state index in [1.165, 1.54) is 12.8 Å². The molecule has 0 N–H and O–H groups in total. The number of nitrogens with zero attached hydrogens (tertiary/aromatic N) is 3. The Morgan fingerprint density at radius 3 is 2.83 bits per heavy atom. The molecule has 23 heavy (non-hydrogen) atoms. The molecule has 1 aliphatic heterocycles. The summed E-state index contributed by atoms with van der Waals surface area (Å²) in [4.78, 5) is 14.7. The largest absolute Gasteiger partial charge is 0.333 e. The fourth-order valence-corrected chi connectivity index (χ4v) is 5.32. The fourth-order valence-electron chi connectivity index (χ4n) is 3.83. The Labute approximate surface area is 136 Å². The van der Waals surface area contributed by atoms with Gasteiger partial charge in [-0.25, -0.2) is 8.42 Å². The maximum Gasteiger partial charge on any atom is 0.226 e. The van der Waals surface area contributed by atoms with Crippen molar-refractivity contribution in [3.8, 4) is 0 Å². The van der Waals surface area contributed by atoms with Crippen LogP contribution in [0.3, 0.4) is 0 Å². The van der Waals surface area contributed by atoms with E-state index in [2.05, 4.69) is 5.10 Å². The molecule has 0 unspecified atom stereocenters. The molecule has 0 bridgehead atoms. The number of carbonyl (C=O) groups is 1. The second-order valence-corrected chi connectivity index (χ2v) is 9.36. The van der Waals surface area contributed by atoms with Crippen molar-refractivity contribution in [3.05, 3.63) is 18.0 Å². The molecule has 3 atom stereocenters. The smallest absolute Gasteiger partial charge is 0.226 e. The molecule has 1 aromatic heterocycles. The number of amides is 1. The first-order valence-electron chi connectivity index (χ1n) is 8.52. The van der Waals surface area contributed by atoms with Gasteiger partial charge < -0.3 is 4.90 Å². The van der Waals surface area contributed by atoms with Crippen LogP contribution in [-0.2, 0) is 21.2 Å². The summed E-state index contributed by atoms with van der Waals surface area (Å²) in [6, 6.07) is -0.373. The lowest BCUT2D eigenvalue weighted by atomic mass is 10.1. The number of carbonyl (C=O) groups excluding carboxylic acids is 1. The van der Waals surface area contributed by atoms with E-state index in [9.17, 15) is 13.2 Å². The first-order valence-corrected chi connectivity index (χ1v) is 10.3. The molecular formula is C16H23N3O3S. The zero-order valence-corrected chi connectivity index (χ0v) is 14.2. The molecule has 7 heteroatoms. The Hall–Kier alpha value is -1.37. The van der Waals surface area contributed by atoms with E-state index in [1.54, 1.807) is 10.9 Å². The molecule has 2 aliphatic carbocycles. The predicted molar refractivity (Wildman–Crippen MR) is 85.3 cm³/mol. The van der Waals surface area contributed by atoms with Crippen molar-refractivity contribution in [2.45, 2.75) is 38.8 Å². The van der Waals surface area contributed by atoms with Crippen molar-refractivity contribution in [3.63, 3.8) is 0 Å². The monoisotopic (exact) mass is 337 g/mol. The highest BCUT2D eigenvalue weighted by atomic mass is 32.2. The van der Waals surface area contributed by atoms with Crippen LogP contribution < -0.4 is 0 Å². The van der Waals surface area contributed by atoms with E-state index in [0.29, 0.717) is 12.5 Å². The lowest BCUT2D eigenvalue weighted by Gasteiger charge is -2.35. The highest BCUT2D eigenvalue weighted by Crippen LogP contribution is 2.55. The van der Waals surface area contributed by atoms with Crippen LogP contribution in [0, 0.1) is 17.8 Å². The van der Waals surface area contributed by atoms with Gasteiger partial charge in [0.2, 0.25) is 5.91 Å². The summed E-state index contributed by atoms with van der Waals surface area (Å²) in [5.41, 5.74) is 0.840. The third-order valence-electron chi connectivity index (χ3n) is 5.46. The van der Waals surface area contributed by atoms with Gasteiger partial charge in [0.25, 0.3) is 0 Å². The molecule has 0 spiro atoms. The third kappa shape index (κ3) is 2.91. The van der Waals surface area contributed by atoms with E-state index in [-0.39, 0.29) is 29.4 Å². The van der Waals surface area contributed by atoms with Gasteiger partial charge in [-0.05, 0) is 38.0 Å². The molecular weight excluding hydrogens is 314 g/mol. The molecule has 2 saturated carbocycles. The van der Waals surface area contributed by atoms with Crippen molar-refractivity contribution in [2.24, 2.45) is 17.8 Å². The molecule has 3 fully saturated rings. The predicted octanol–water partition coefficient (Wildman–Crippen LogP) is 1.25. The van der Waals surface area contributed by atoms with Crippen molar-refractivity contribution < 1.29 is 13.2 Å². The summed E-state index contributed by atoms with van der Waals surface area (Å²) in [5.74, 6) is 1.70. The molecule has 126 valence electrons. The average Bonchev–Trinajstić information content (AvgIpc) is 3.41.